The second-order valence-corrected chi connectivity index (χ2v) is 2.65. The van der Waals surface area contributed by atoms with E-state index in [2.05, 4.69) is 18.5 Å². The van der Waals surface area contributed by atoms with Crippen LogP contribution in [0.1, 0.15) is 0 Å². The Bertz CT molecular complexity index is 226. The SMILES string of the molecule is C=C/C(Cl)=C(/OCCNC)C(=C)F. The fourth-order valence-electron chi connectivity index (χ4n) is 0.625. The van der Waals surface area contributed by atoms with Crippen molar-refractivity contribution in [2.24, 2.45) is 0 Å². The Hall–Kier alpha value is -0.800. The Morgan fingerprint density at radius 1 is 1.69 bits per heavy atom. The summed E-state index contributed by atoms with van der Waals surface area (Å²) >= 11 is 5.62. The van der Waals surface area contributed by atoms with E-state index in [1.807, 2.05) is 0 Å². The average Bonchev–Trinajstić information content (AvgIpc) is 2.11. The van der Waals surface area contributed by atoms with E-state index in [1.54, 1.807) is 7.05 Å². The third-order valence-corrected chi connectivity index (χ3v) is 1.57. The van der Waals surface area contributed by atoms with Gasteiger partial charge in [-0.1, -0.05) is 24.8 Å². The first-order valence-electron chi connectivity index (χ1n) is 3.77. The molecule has 4 heteroatoms. The van der Waals surface area contributed by atoms with Gasteiger partial charge in [-0.3, -0.25) is 0 Å². The number of likely N-dealkylation sites (N-methyl/N-ethyl adjacent to an activating group) is 1. The summed E-state index contributed by atoms with van der Waals surface area (Å²) in [7, 11) is 1.77. The first-order valence-corrected chi connectivity index (χ1v) is 4.15. The quantitative estimate of drug-likeness (QED) is 0.408. The average molecular weight is 206 g/mol. The van der Waals surface area contributed by atoms with Gasteiger partial charge < -0.3 is 10.1 Å². The van der Waals surface area contributed by atoms with Gasteiger partial charge in [-0.2, -0.15) is 0 Å². The van der Waals surface area contributed by atoms with E-state index in [0.29, 0.717) is 13.2 Å². The number of hydrogen-bond donors (Lipinski definition) is 1. The maximum Gasteiger partial charge on any atom is 0.172 e. The molecule has 0 heterocycles. The van der Waals surface area contributed by atoms with E-state index in [-0.39, 0.29) is 10.8 Å². The molecule has 0 aliphatic carbocycles. The molecule has 0 aliphatic heterocycles. The molecule has 0 aliphatic rings. The van der Waals surface area contributed by atoms with E-state index in [9.17, 15) is 4.39 Å². The monoisotopic (exact) mass is 205 g/mol. The number of rotatable bonds is 6. The summed E-state index contributed by atoms with van der Waals surface area (Å²) in [5, 5.41) is 2.98. The predicted octanol–water partition coefficient (Wildman–Crippen LogP) is 2.34. The summed E-state index contributed by atoms with van der Waals surface area (Å²) < 4.78 is 17.7. The van der Waals surface area contributed by atoms with Crippen molar-refractivity contribution in [1.29, 1.82) is 0 Å². The summed E-state index contributed by atoms with van der Waals surface area (Å²) in [6, 6.07) is 0. The zero-order chi connectivity index (χ0) is 10.3. The number of halogens is 2. The normalized spacial score (nSPS) is 11.9. The Morgan fingerprint density at radius 2 is 2.31 bits per heavy atom. The smallest absolute Gasteiger partial charge is 0.172 e. The Labute approximate surface area is 82.7 Å². The van der Waals surface area contributed by atoms with E-state index in [0.717, 1.165) is 0 Å². The van der Waals surface area contributed by atoms with Crippen molar-refractivity contribution in [3.8, 4) is 0 Å². The summed E-state index contributed by atoms with van der Waals surface area (Å²) in [5.74, 6) is -0.743. The molecule has 0 aromatic rings. The van der Waals surface area contributed by atoms with Gasteiger partial charge in [0.25, 0.3) is 0 Å². The van der Waals surface area contributed by atoms with Gasteiger partial charge in [-0.05, 0) is 13.1 Å². The fourth-order valence-corrected chi connectivity index (χ4v) is 0.782. The lowest BCUT2D eigenvalue weighted by atomic mass is 10.4. The van der Waals surface area contributed by atoms with Crippen molar-refractivity contribution in [1.82, 2.24) is 5.32 Å². The Morgan fingerprint density at radius 3 is 2.69 bits per heavy atom. The highest BCUT2D eigenvalue weighted by Crippen LogP contribution is 2.19. The number of allylic oxidation sites excluding steroid dienone is 3. The number of hydrogen-bond acceptors (Lipinski definition) is 2. The minimum absolute atomic E-state index is 0.0492. The molecule has 0 aromatic heterocycles. The van der Waals surface area contributed by atoms with Crippen LogP contribution in [0.5, 0.6) is 0 Å². The van der Waals surface area contributed by atoms with Crippen molar-refractivity contribution >= 4 is 11.6 Å². The fraction of sp³-hybridized carbons (Fsp3) is 0.333. The van der Waals surface area contributed by atoms with Crippen LogP contribution in [0.15, 0.2) is 35.9 Å². The van der Waals surface area contributed by atoms with Crippen LogP contribution < -0.4 is 5.32 Å². The lowest BCUT2D eigenvalue weighted by molar-refractivity contribution is 0.211. The zero-order valence-electron chi connectivity index (χ0n) is 7.57. The first kappa shape index (κ1) is 12.2. The molecule has 0 amide bonds. The molecule has 0 saturated carbocycles. The largest absolute Gasteiger partial charge is 0.488 e. The van der Waals surface area contributed by atoms with Gasteiger partial charge in [-0.15, -0.1) is 0 Å². The van der Waals surface area contributed by atoms with E-state index in [1.165, 1.54) is 6.08 Å². The van der Waals surface area contributed by atoms with Gasteiger partial charge in [0.15, 0.2) is 11.6 Å². The van der Waals surface area contributed by atoms with Gasteiger partial charge in [0.2, 0.25) is 0 Å². The second-order valence-electron chi connectivity index (χ2n) is 2.24. The first-order chi connectivity index (χ1) is 6.13. The topological polar surface area (TPSA) is 21.3 Å². The summed E-state index contributed by atoms with van der Waals surface area (Å²) in [6.07, 6.45) is 1.31. The van der Waals surface area contributed by atoms with Crippen LogP contribution in [0.3, 0.4) is 0 Å². The number of ether oxygens (including phenoxy) is 1. The van der Waals surface area contributed by atoms with Crippen LogP contribution in [0.25, 0.3) is 0 Å². The highest BCUT2D eigenvalue weighted by molar-refractivity contribution is 6.31. The molecule has 2 nitrogen and oxygen atoms in total. The Kier molecular flexibility index (Phi) is 6.28. The maximum absolute atomic E-state index is 12.7. The standard InChI is InChI=1S/C9H13ClFNO/c1-4-8(10)9(7(2)11)13-6-5-12-3/h4,12H,1-2,5-6H2,3H3/b9-8-. The van der Waals surface area contributed by atoms with Crippen LogP contribution in [-0.4, -0.2) is 20.2 Å². The summed E-state index contributed by atoms with van der Waals surface area (Å²) in [4.78, 5) is 0. The molecule has 0 fully saturated rings. The van der Waals surface area contributed by atoms with Crippen molar-refractivity contribution in [2.75, 3.05) is 20.2 Å². The second kappa shape index (κ2) is 6.69. The predicted molar refractivity (Wildman–Crippen MR) is 53.2 cm³/mol. The molecule has 0 spiro atoms. The van der Waals surface area contributed by atoms with Gasteiger partial charge in [0, 0.05) is 6.54 Å². The third-order valence-electron chi connectivity index (χ3n) is 1.24. The van der Waals surface area contributed by atoms with Gasteiger partial charge in [0.1, 0.15) is 6.61 Å². The molecule has 74 valence electrons. The maximum atomic E-state index is 12.7. The minimum atomic E-state index is -0.694. The van der Waals surface area contributed by atoms with E-state index in [4.69, 9.17) is 16.3 Å². The van der Waals surface area contributed by atoms with Crippen molar-refractivity contribution < 1.29 is 9.13 Å². The minimum Gasteiger partial charge on any atom is -0.488 e. The molecule has 0 rings (SSSR count). The third kappa shape index (κ3) is 4.70. The van der Waals surface area contributed by atoms with Crippen molar-refractivity contribution in [3.05, 3.63) is 35.9 Å². The van der Waals surface area contributed by atoms with Gasteiger partial charge in [0.05, 0.1) is 5.03 Å². The molecular formula is C9H13ClFNO. The highest BCUT2D eigenvalue weighted by atomic mass is 35.5. The molecule has 0 aromatic carbocycles. The van der Waals surface area contributed by atoms with E-state index >= 15 is 0 Å². The molecule has 0 bridgehead atoms. The van der Waals surface area contributed by atoms with Crippen LogP contribution in [-0.2, 0) is 4.74 Å². The molecule has 13 heavy (non-hydrogen) atoms. The summed E-state index contributed by atoms with van der Waals surface area (Å²) in [6.45, 7) is 7.44. The van der Waals surface area contributed by atoms with Gasteiger partial charge >= 0.3 is 0 Å². The van der Waals surface area contributed by atoms with Crippen molar-refractivity contribution in [2.45, 2.75) is 0 Å². The lowest BCUT2D eigenvalue weighted by Gasteiger charge is -2.08. The van der Waals surface area contributed by atoms with E-state index < -0.39 is 5.83 Å². The van der Waals surface area contributed by atoms with Crippen LogP contribution in [0, 0.1) is 0 Å². The molecule has 0 radical (unpaired) electrons. The number of nitrogens with one attached hydrogen (secondary N) is 1. The van der Waals surface area contributed by atoms with Crippen LogP contribution in [0.4, 0.5) is 4.39 Å². The van der Waals surface area contributed by atoms with Gasteiger partial charge in [-0.25, -0.2) is 4.39 Å². The molecule has 0 atom stereocenters. The lowest BCUT2D eigenvalue weighted by Crippen LogP contribution is -2.14. The van der Waals surface area contributed by atoms with Crippen LogP contribution in [0.2, 0.25) is 0 Å². The molecule has 1 N–H and O–H groups in total. The highest BCUT2D eigenvalue weighted by Gasteiger charge is 2.07. The molecule has 0 unspecified atom stereocenters. The molecule has 0 saturated heterocycles. The van der Waals surface area contributed by atoms with Crippen LogP contribution >= 0.6 is 11.6 Å². The zero-order valence-corrected chi connectivity index (χ0v) is 8.33. The summed E-state index contributed by atoms with van der Waals surface area (Å²) in [5.41, 5.74) is 0. The van der Waals surface area contributed by atoms with Crippen molar-refractivity contribution in [3.63, 3.8) is 0 Å². The Balaban J connectivity index is 4.28. The molecular weight excluding hydrogens is 193 g/mol.